The second kappa shape index (κ2) is 4.44. The van der Waals surface area contributed by atoms with E-state index >= 15 is 0 Å². The molecule has 5 heteroatoms. The van der Waals surface area contributed by atoms with Gasteiger partial charge in [0, 0.05) is 12.1 Å². The van der Waals surface area contributed by atoms with Crippen LogP contribution in [0.4, 0.5) is 13.2 Å². The molecule has 0 heterocycles. The molecule has 0 spiro atoms. The molecule has 0 aliphatic heterocycles. The van der Waals surface area contributed by atoms with Crippen molar-refractivity contribution in [3.05, 3.63) is 35.4 Å². The van der Waals surface area contributed by atoms with Crippen molar-refractivity contribution in [2.24, 2.45) is 0 Å². The number of ketones is 1. The predicted molar refractivity (Wildman–Crippen MR) is 49.6 cm³/mol. The Balaban J connectivity index is 2.85. The van der Waals surface area contributed by atoms with Gasteiger partial charge in [0.15, 0.2) is 0 Å². The molecule has 0 amide bonds. The lowest BCUT2D eigenvalue weighted by Gasteiger charge is -2.05. The molecular weight excluding hydrogens is 207 g/mol. The van der Waals surface area contributed by atoms with Gasteiger partial charge in [0.2, 0.25) is 0 Å². The molecule has 0 radical (unpaired) electrons. The minimum absolute atomic E-state index is 0.331. The quantitative estimate of drug-likeness (QED) is 0.786. The van der Waals surface area contributed by atoms with Crippen LogP contribution in [0.25, 0.3) is 0 Å². The molecule has 0 bridgehead atoms. The number of nitrogens with one attached hydrogen (secondary N) is 1. The van der Waals surface area contributed by atoms with Gasteiger partial charge in [0.25, 0.3) is 5.78 Å². The van der Waals surface area contributed by atoms with E-state index in [2.05, 4.69) is 5.32 Å². The molecule has 0 unspecified atom stereocenters. The highest BCUT2D eigenvalue weighted by molar-refractivity contribution is 6.00. The summed E-state index contributed by atoms with van der Waals surface area (Å²) < 4.78 is 36.1. The Morgan fingerprint density at radius 3 is 2.20 bits per heavy atom. The van der Waals surface area contributed by atoms with E-state index in [0.717, 1.165) is 5.56 Å². The van der Waals surface area contributed by atoms with Crippen LogP contribution >= 0.6 is 0 Å². The van der Waals surface area contributed by atoms with Gasteiger partial charge in [0.05, 0.1) is 0 Å². The third-order valence-corrected chi connectivity index (χ3v) is 1.85. The van der Waals surface area contributed by atoms with Gasteiger partial charge < -0.3 is 5.32 Å². The molecule has 0 saturated carbocycles. The molecule has 0 aliphatic rings. The maximum absolute atomic E-state index is 12.0. The van der Waals surface area contributed by atoms with Gasteiger partial charge in [-0.05, 0) is 12.6 Å². The molecule has 0 saturated heterocycles. The van der Waals surface area contributed by atoms with Crippen molar-refractivity contribution in [1.29, 1.82) is 0 Å². The monoisotopic (exact) mass is 217 g/mol. The van der Waals surface area contributed by atoms with Crippen molar-refractivity contribution >= 4 is 5.78 Å². The summed E-state index contributed by atoms with van der Waals surface area (Å²) in [7, 11) is 1.73. The second-order valence-corrected chi connectivity index (χ2v) is 3.05. The maximum Gasteiger partial charge on any atom is 0.454 e. The fourth-order valence-corrected chi connectivity index (χ4v) is 1.14. The van der Waals surface area contributed by atoms with E-state index < -0.39 is 12.0 Å². The van der Waals surface area contributed by atoms with E-state index in [1.165, 1.54) is 24.3 Å². The van der Waals surface area contributed by atoms with Gasteiger partial charge in [-0.2, -0.15) is 13.2 Å². The third kappa shape index (κ3) is 3.06. The molecule has 0 aliphatic carbocycles. The van der Waals surface area contributed by atoms with Crippen molar-refractivity contribution in [2.45, 2.75) is 12.7 Å². The molecule has 0 aromatic heterocycles. The minimum Gasteiger partial charge on any atom is -0.316 e. The van der Waals surface area contributed by atoms with Gasteiger partial charge in [-0.1, -0.05) is 24.3 Å². The predicted octanol–water partition coefficient (Wildman–Crippen LogP) is 2.15. The van der Waals surface area contributed by atoms with Crippen LogP contribution in [0.1, 0.15) is 15.9 Å². The van der Waals surface area contributed by atoms with Crippen LogP contribution in [0.3, 0.4) is 0 Å². The lowest BCUT2D eigenvalue weighted by atomic mass is 10.1. The zero-order valence-electron chi connectivity index (χ0n) is 8.06. The van der Waals surface area contributed by atoms with Crippen LogP contribution in [-0.4, -0.2) is 19.0 Å². The molecule has 0 atom stereocenters. The Labute approximate surface area is 85.1 Å². The SMILES string of the molecule is CNCc1ccc(C(=O)C(F)(F)F)cc1. The number of benzene rings is 1. The van der Waals surface area contributed by atoms with Crippen LogP contribution in [0.2, 0.25) is 0 Å². The molecule has 2 nitrogen and oxygen atoms in total. The topological polar surface area (TPSA) is 29.1 Å². The molecule has 0 fully saturated rings. The summed E-state index contributed by atoms with van der Waals surface area (Å²) in [4.78, 5) is 10.8. The molecule has 1 N–H and O–H groups in total. The largest absolute Gasteiger partial charge is 0.454 e. The van der Waals surface area contributed by atoms with Gasteiger partial charge >= 0.3 is 6.18 Å². The third-order valence-electron chi connectivity index (χ3n) is 1.85. The van der Waals surface area contributed by atoms with Crippen LogP contribution in [0, 0.1) is 0 Å². The number of Topliss-reactive ketones (excluding diaryl/α,β-unsaturated/α-hetero) is 1. The number of hydrogen-bond acceptors (Lipinski definition) is 2. The first kappa shape index (κ1) is 11.7. The summed E-state index contributed by atoms with van der Waals surface area (Å²) in [6, 6.07) is 5.36. The lowest BCUT2D eigenvalue weighted by Crippen LogP contribution is -2.22. The van der Waals surface area contributed by atoms with E-state index in [4.69, 9.17) is 0 Å². The highest BCUT2D eigenvalue weighted by Crippen LogP contribution is 2.21. The zero-order chi connectivity index (χ0) is 11.5. The number of alkyl halides is 3. The Kier molecular flexibility index (Phi) is 3.47. The van der Waals surface area contributed by atoms with E-state index in [0.29, 0.717) is 6.54 Å². The van der Waals surface area contributed by atoms with Gasteiger partial charge in [-0.3, -0.25) is 4.79 Å². The standard InChI is InChI=1S/C10H10F3NO/c1-14-6-7-2-4-8(5-3-7)9(15)10(11,12)13/h2-5,14H,6H2,1H3. The second-order valence-electron chi connectivity index (χ2n) is 3.05. The fraction of sp³-hybridized carbons (Fsp3) is 0.300. The number of halogens is 3. The summed E-state index contributed by atoms with van der Waals surface area (Å²) in [6.45, 7) is 0.556. The van der Waals surface area contributed by atoms with E-state index in [1.54, 1.807) is 7.05 Å². The summed E-state index contributed by atoms with van der Waals surface area (Å²) in [5.74, 6) is -1.81. The summed E-state index contributed by atoms with van der Waals surface area (Å²) in [5.41, 5.74) is 0.499. The summed E-state index contributed by atoms with van der Waals surface area (Å²) >= 11 is 0. The van der Waals surface area contributed by atoms with E-state index in [1.807, 2.05) is 0 Å². The van der Waals surface area contributed by atoms with Crippen molar-refractivity contribution < 1.29 is 18.0 Å². The summed E-state index contributed by atoms with van der Waals surface area (Å²) in [6.07, 6.45) is -4.80. The Bertz CT molecular complexity index is 343. The molecule has 82 valence electrons. The fourth-order valence-electron chi connectivity index (χ4n) is 1.14. The smallest absolute Gasteiger partial charge is 0.316 e. The van der Waals surface area contributed by atoms with Crippen molar-refractivity contribution in [2.75, 3.05) is 7.05 Å². The van der Waals surface area contributed by atoms with Gasteiger partial charge in [0.1, 0.15) is 0 Å². The van der Waals surface area contributed by atoms with Gasteiger partial charge in [-0.25, -0.2) is 0 Å². The first-order valence-electron chi connectivity index (χ1n) is 4.30. The van der Waals surface area contributed by atoms with E-state index in [9.17, 15) is 18.0 Å². The molecular formula is C10H10F3NO. The van der Waals surface area contributed by atoms with Crippen LogP contribution in [0.5, 0.6) is 0 Å². The van der Waals surface area contributed by atoms with Crippen LogP contribution in [0.15, 0.2) is 24.3 Å². The molecule has 1 aromatic carbocycles. The molecule has 1 rings (SSSR count). The number of hydrogen-bond donors (Lipinski definition) is 1. The highest BCUT2D eigenvalue weighted by atomic mass is 19.4. The maximum atomic E-state index is 12.0. The number of rotatable bonds is 3. The van der Waals surface area contributed by atoms with Crippen molar-refractivity contribution in [3.63, 3.8) is 0 Å². The Morgan fingerprint density at radius 1 is 1.27 bits per heavy atom. The van der Waals surface area contributed by atoms with Crippen LogP contribution < -0.4 is 5.32 Å². The zero-order valence-corrected chi connectivity index (χ0v) is 8.06. The number of carbonyl (C=O) groups is 1. The molecule has 15 heavy (non-hydrogen) atoms. The average molecular weight is 217 g/mol. The van der Waals surface area contributed by atoms with Crippen molar-refractivity contribution in [3.8, 4) is 0 Å². The lowest BCUT2D eigenvalue weighted by molar-refractivity contribution is -0.0885. The Hall–Kier alpha value is -1.36. The first-order chi connectivity index (χ1) is 6.95. The minimum atomic E-state index is -4.80. The highest BCUT2D eigenvalue weighted by Gasteiger charge is 2.38. The average Bonchev–Trinajstić information content (AvgIpc) is 2.17. The first-order valence-corrected chi connectivity index (χ1v) is 4.30. The normalized spacial score (nSPS) is 11.5. The Morgan fingerprint density at radius 2 is 1.80 bits per heavy atom. The van der Waals surface area contributed by atoms with Crippen LogP contribution in [-0.2, 0) is 6.54 Å². The van der Waals surface area contributed by atoms with Crippen molar-refractivity contribution in [1.82, 2.24) is 5.32 Å². The molecule has 1 aromatic rings. The summed E-state index contributed by atoms with van der Waals surface area (Å²) in [5, 5.41) is 2.86. The van der Waals surface area contributed by atoms with Gasteiger partial charge in [-0.15, -0.1) is 0 Å². The van der Waals surface area contributed by atoms with E-state index in [-0.39, 0.29) is 5.56 Å². The number of carbonyl (C=O) groups excluding carboxylic acids is 1.